The van der Waals surface area contributed by atoms with Crippen LogP contribution in [0.15, 0.2) is 41.9 Å². The summed E-state index contributed by atoms with van der Waals surface area (Å²) in [5.41, 5.74) is 2.27. The normalized spacial score (nSPS) is 11.0. The Morgan fingerprint density at radius 3 is 2.92 bits per heavy atom. The van der Waals surface area contributed by atoms with Crippen LogP contribution in [0, 0.1) is 0 Å². The van der Waals surface area contributed by atoms with Gasteiger partial charge in [-0.15, -0.1) is 27.8 Å². The number of hydrogen-bond donors (Lipinski definition) is 1. The lowest BCUT2D eigenvalue weighted by molar-refractivity contribution is 0.102. The lowest BCUT2D eigenvalue weighted by Gasteiger charge is -2.04. The molecule has 0 aliphatic carbocycles. The van der Waals surface area contributed by atoms with Crippen LogP contribution in [-0.2, 0) is 7.05 Å². The maximum absolute atomic E-state index is 12.6. The van der Waals surface area contributed by atoms with Gasteiger partial charge in [0.05, 0.1) is 17.3 Å². The number of nitrogens with one attached hydrogen (secondary N) is 1. The van der Waals surface area contributed by atoms with Gasteiger partial charge in [0.25, 0.3) is 5.91 Å². The van der Waals surface area contributed by atoms with Gasteiger partial charge >= 0.3 is 0 Å². The van der Waals surface area contributed by atoms with Crippen molar-refractivity contribution in [1.29, 1.82) is 0 Å². The zero-order valence-electron chi connectivity index (χ0n) is 13.5. The average molecular weight is 370 g/mol. The zero-order valence-corrected chi connectivity index (χ0v) is 15.1. The van der Waals surface area contributed by atoms with E-state index in [0.717, 1.165) is 25.8 Å². The number of fused-ring (bicyclic) bond motifs is 1. The smallest absolute Gasteiger partial charge is 0.263 e. The molecule has 8 heteroatoms. The molecule has 4 rings (SSSR count). The Kier molecular flexibility index (Phi) is 3.98. The van der Waals surface area contributed by atoms with Crippen LogP contribution in [0.4, 0.5) is 5.00 Å². The number of amides is 1. The Hall–Kier alpha value is -2.71. The molecule has 0 aliphatic rings. The molecule has 1 aromatic carbocycles. The number of benzene rings is 1. The van der Waals surface area contributed by atoms with Gasteiger partial charge in [0.2, 0.25) is 5.88 Å². The molecule has 25 heavy (non-hydrogen) atoms. The molecule has 0 aliphatic heterocycles. The van der Waals surface area contributed by atoms with Crippen LogP contribution in [0.1, 0.15) is 10.4 Å². The number of thiophene rings is 1. The maximum atomic E-state index is 12.6. The van der Waals surface area contributed by atoms with Gasteiger partial charge in [0.1, 0.15) is 15.6 Å². The summed E-state index contributed by atoms with van der Waals surface area (Å²) in [4.78, 5) is 17.3. The second-order valence-electron chi connectivity index (χ2n) is 5.33. The fraction of sp³-hybridized carbons (Fsp3) is 0.118. The number of thiazole rings is 1. The number of carbonyl (C=O) groups excluding carboxylic acids is 1. The molecule has 0 spiro atoms. The van der Waals surface area contributed by atoms with Crippen molar-refractivity contribution in [3.05, 3.63) is 47.5 Å². The van der Waals surface area contributed by atoms with Crippen LogP contribution < -0.4 is 10.1 Å². The van der Waals surface area contributed by atoms with Gasteiger partial charge in [-0.3, -0.25) is 9.48 Å². The van der Waals surface area contributed by atoms with Gasteiger partial charge in [0, 0.05) is 18.8 Å². The number of hydrogen-bond acceptors (Lipinski definition) is 6. The van der Waals surface area contributed by atoms with Crippen LogP contribution in [0.3, 0.4) is 0 Å². The first-order valence-corrected chi connectivity index (χ1v) is 9.17. The van der Waals surface area contributed by atoms with Gasteiger partial charge in [-0.25, -0.2) is 4.98 Å². The summed E-state index contributed by atoms with van der Waals surface area (Å²) in [5.74, 6) is 0.0489. The summed E-state index contributed by atoms with van der Waals surface area (Å²) in [5, 5.41) is 10.7. The van der Waals surface area contributed by atoms with Gasteiger partial charge in [-0.05, 0) is 23.6 Å². The number of methoxy groups -OCH3 is 1. The summed E-state index contributed by atoms with van der Waals surface area (Å²) >= 11 is 3.07. The largest absolute Gasteiger partial charge is 0.479 e. The molecule has 3 aromatic heterocycles. The van der Waals surface area contributed by atoms with Crippen molar-refractivity contribution in [1.82, 2.24) is 14.8 Å². The highest BCUT2D eigenvalue weighted by Gasteiger charge is 2.19. The number of aryl methyl sites for hydroxylation is 1. The molecule has 0 radical (unpaired) electrons. The van der Waals surface area contributed by atoms with E-state index in [1.54, 1.807) is 29.3 Å². The molecule has 4 aromatic rings. The first kappa shape index (κ1) is 15.8. The first-order valence-electron chi connectivity index (χ1n) is 7.48. The molecule has 1 N–H and O–H groups in total. The van der Waals surface area contributed by atoms with Gasteiger partial charge in [-0.2, -0.15) is 0 Å². The van der Waals surface area contributed by atoms with Crippen molar-refractivity contribution in [2.24, 2.45) is 7.05 Å². The number of ether oxygens (including phenoxy) is 1. The summed E-state index contributed by atoms with van der Waals surface area (Å²) in [7, 11) is 3.24. The Labute approximate surface area is 151 Å². The quantitative estimate of drug-likeness (QED) is 0.589. The Morgan fingerprint density at radius 1 is 1.28 bits per heavy atom. The third kappa shape index (κ3) is 2.90. The van der Waals surface area contributed by atoms with Crippen molar-refractivity contribution in [3.8, 4) is 16.5 Å². The molecule has 0 saturated carbocycles. The highest BCUT2D eigenvalue weighted by atomic mass is 32.1. The summed E-state index contributed by atoms with van der Waals surface area (Å²) in [6.45, 7) is 0. The van der Waals surface area contributed by atoms with Gasteiger partial charge in [0.15, 0.2) is 0 Å². The molecule has 0 atom stereocenters. The lowest BCUT2D eigenvalue weighted by atomic mass is 10.3. The SMILES string of the molecule is COc1nn(C)cc1C(=O)Nc1sccc1-c1nc2ccccc2s1. The van der Waals surface area contributed by atoms with E-state index in [1.165, 1.54) is 18.4 Å². The van der Waals surface area contributed by atoms with E-state index in [2.05, 4.69) is 15.4 Å². The standard InChI is InChI=1S/C17H14N4O2S2/c1-21-9-11(15(20-21)23-2)14(22)19-16-10(7-8-24-16)17-18-12-5-3-4-6-13(12)25-17/h3-9H,1-2H3,(H,19,22). The third-order valence-corrected chi connectivity index (χ3v) is 5.55. The third-order valence-electron chi connectivity index (χ3n) is 3.65. The predicted octanol–water partition coefficient (Wildman–Crippen LogP) is 4.02. The van der Waals surface area contributed by atoms with E-state index in [0.29, 0.717) is 11.4 Å². The fourth-order valence-electron chi connectivity index (χ4n) is 2.51. The maximum Gasteiger partial charge on any atom is 0.263 e. The summed E-state index contributed by atoms with van der Waals surface area (Å²) in [6.07, 6.45) is 1.64. The minimum atomic E-state index is -0.255. The molecule has 0 bridgehead atoms. The second-order valence-corrected chi connectivity index (χ2v) is 7.28. The molecule has 0 unspecified atom stereocenters. The first-order chi connectivity index (χ1) is 12.2. The van der Waals surface area contributed by atoms with Crippen molar-refractivity contribution >= 4 is 43.8 Å². The van der Waals surface area contributed by atoms with Crippen molar-refractivity contribution in [3.63, 3.8) is 0 Å². The van der Waals surface area contributed by atoms with Gasteiger partial charge < -0.3 is 10.1 Å². The highest BCUT2D eigenvalue weighted by Crippen LogP contribution is 2.38. The molecular weight excluding hydrogens is 356 g/mol. The fourth-order valence-corrected chi connectivity index (χ4v) is 4.35. The van der Waals surface area contributed by atoms with Crippen molar-refractivity contribution < 1.29 is 9.53 Å². The summed E-state index contributed by atoms with van der Waals surface area (Å²) < 4.78 is 7.83. The zero-order chi connectivity index (χ0) is 17.4. The van der Waals surface area contributed by atoms with E-state index in [-0.39, 0.29) is 5.91 Å². The highest BCUT2D eigenvalue weighted by molar-refractivity contribution is 7.22. The van der Waals surface area contributed by atoms with E-state index in [1.807, 2.05) is 35.7 Å². The van der Waals surface area contributed by atoms with Crippen LogP contribution in [-0.4, -0.2) is 27.8 Å². The monoisotopic (exact) mass is 370 g/mol. The Bertz CT molecular complexity index is 1030. The molecule has 6 nitrogen and oxygen atoms in total. The number of rotatable bonds is 4. The molecule has 0 saturated heterocycles. The molecule has 1 amide bonds. The second kappa shape index (κ2) is 6.30. The molecule has 126 valence electrons. The number of aromatic nitrogens is 3. The van der Waals surface area contributed by atoms with Crippen LogP contribution in [0.5, 0.6) is 5.88 Å². The topological polar surface area (TPSA) is 69.0 Å². The molecule has 0 fully saturated rings. The number of nitrogens with zero attached hydrogens (tertiary/aromatic N) is 3. The number of carbonyl (C=O) groups is 1. The Morgan fingerprint density at radius 2 is 2.12 bits per heavy atom. The lowest BCUT2D eigenvalue weighted by Crippen LogP contribution is -2.11. The summed E-state index contributed by atoms with van der Waals surface area (Å²) in [6, 6.07) is 9.96. The van der Waals surface area contributed by atoms with E-state index in [4.69, 9.17) is 4.74 Å². The molecular formula is C17H14N4O2S2. The van der Waals surface area contributed by atoms with Crippen molar-refractivity contribution in [2.45, 2.75) is 0 Å². The van der Waals surface area contributed by atoms with Crippen LogP contribution in [0.25, 0.3) is 20.8 Å². The Balaban J connectivity index is 1.66. The number of anilines is 1. The number of para-hydroxylation sites is 1. The minimum absolute atomic E-state index is 0.255. The predicted molar refractivity (Wildman–Crippen MR) is 101 cm³/mol. The minimum Gasteiger partial charge on any atom is -0.479 e. The van der Waals surface area contributed by atoms with Crippen molar-refractivity contribution in [2.75, 3.05) is 12.4 Å². The van der Waals surface area contributed by atoms with E-state index in [9.17, 15) is 4.79 Å². The van der Waals surface area contributed by atoms with E-state index < -0.39 is 0 Å². The average Bonchev–Trinajstić information content (AvgIpc) is 3.31. The van der Waals surface area contributed by atoms with E-state index >= 15 is 0 Å². The molecule has 3 heterocycles. The van der Waals surface area contributed by atoms with Crippen LogP contribution >= 0.6 is 22.7 Å². The van der Waals surface area contributed by atoms with Crippen LogP contribution in [0.2, 0.25) is 0 Å². The van der Waals surface area contributed by atoms with Gasteiger partial charge in [-0.1, -0.05) is 12.1 Å².